The van der Waals surface area contributed by atoms with Crippen molar-refractivity contribution in [2.24, 2.45) is 0 Å². The maximum absolute atomic E-state index is 14.0. The molecule has 1 aromatic heterocycles. The number of rotatable bonds is 7. The molecule has 1 amide bonds. The van der Waals surface area contributed by atoms with E-state index in [0.717, 1.165) is 23.0 Å². The van der Waals surface area contributed by atoms with Gasteiger partial charge in [-0.1, -0.05) is 41.7 Å². The van der Waals surface area contributed by atoms with Crippen LogP contribution in [0, 0.1) is 11.6 Å². The zero-order valence-corrected chi connectivity index (χ0v) is 17.2. The highest BCUT2D eigenvalue weighted by molar-refractivity contribution is 7.22. The Morgan fingerprint density at radius 3 is 2.50 bits per heavy atom. The smallest absolute Gasteiger partial charge is 0.229 e. The molecule has 0 bridgehead atoms. The summed E-state index contributed by atoms with van der Waals surface area (Å²) in [5, 5.41) is 0.398. The van der Waals surface area contributed by atoms with Crippen LogP contribution in [-0.2, 0) is 11.2 Å². The highest BCUT2D eigenvalue weighted by atomic mass is 35.5. The van der Waals surface area contributed by atoms with Crippen LogP contribution in [0.1, 0.15) is 12.0 Å². The molecule has 150 valence electrons. The second-order valence-electron chi connectivity index (χ2n) is 6.57. The molecule has 1 heterocycles. The van der Waals surface area contributed by atoms with Crippen molar-refractivity contribution in [3.8, 4) is 0 Å². The van der Waals surface area contributed by atoms with Gasteiger partial charge in [0.15, 0.2) is 10.9 Å². The van der Waals surface area contributed by atoms with E-state index >= 15 is 0 Å². The molecule has 4 nitrogen and oxygen atoms in total. The predicted octanol–water partition coefficient (Wildman–Crippen LogP) is 1.11. The lowest BCUT2D eigenvalue weighted by atomic mass is 10.1. The van der Waals surface area contributed by atoms with Crippen molar-refractivity contribution in [1.82, 2.24) is 9.88 Å². The zero-order chi connectivity index (χ0) is 19.4. The molecular formula is C20H21ClF2N3OS-. The fraction of sp³-hybridized carbons (Fsp3) is 0.300. The van der Waals surface area contributed by atoms with Crippen LogP contribution in [0.4, 0.5) is 13.9 Å². The van der Waals surface area contributed by atoms with Crippen LogP contribution in [0.15, 0.2) is 42.5 Å². The third-order valence-corrected chi connectivity index (χ3v) is 5.20. The van der Waals surface area contributed by atoms with Crippen LogP contribution in [0.25, 0.3) is 10.2 Å². The first-order valence-electron chi connectivity index (χ1n) is 8.68. The van der Waals surface area contributed by atoms with Gasteiger partial charge >= 0.3 is 0 Å². The van der Waals surface area contributed by atoms with E-state index in [1.165, 1.54) is 6.07 Å². The number of halogens is 3. The number of carbonyl (C=O) groups is 1. The maximum atomic E-state index is 14.0. The van der Waals surface area contributed by atoms with Crippen molar-refractivity contribution in [3.05, 3.63) is 59.7 Å². The van der Waals surface area contributed by atoms with E-state index in [4.69, 9.17) is 0 Å². The third kappa shape index (κ3) is 5.47. The lowest BCUT2D eigenvalue weighted by molar-refractivity contribution is -0.118. The molecule has 0 unspecified atom stereocenters. The molecule has 3 rings (SSSR count). The summed E-state index contributed by atoms with van der Waals surface area (Å²) in [4.78, 5) is 20.7. The lowest BCUT2D eigenvalue weighted by Gasteiger charge is -2.22. The minimum atomic E-state index is -0.711. The normalized spacial score (nSPS) is 10.9. The topological polar surface area (TPSA) is 36.4 Å². The van der Waals surface area contributed by atoms with E-state index in [1.807, 2.05) is 49.3 Å². The van der Waals surface area contributed by atoms with Crippen molar-refractivity contribution in [2.75, 3.05) is 32.1 Å². The summed E-state index contributed by atoms with van der Waals surface area (Å²) in [6.07, 6.45) is 0.941. The standard InChI is InChI=1S/C20H21F2N3OS.ClH/c1-24(2)10-11-25(18(26)9-8-14-6-4-3-5-7-14)20-23-19-16(22)12-15(21)13-17(19)27-20;/h3-7,12-13H,8-11H2,1-2H3;1H/p-1. The van der Waals surface area contributed by atoms with Crippen molar-refractivity contribution in [3.63, 3.8) is 0 Å². The number of amides is 1. The summed E-state index contributed by atoms with van der Waals surface area (Å²) >= 11 is 1.13. The van der Waals surface area contributed by atoms with Gasteiger partial charge in [-0.25, -0.2) is 13.8 Å². The van der Waals surface area contributed by atoms with Crippen LogP contribution < -0.4 is 17.3 Å². The number of aromatic nitrogens is 1. The Morgan fingerprint density at radius 1 is 1.11 bits per heavy atom. The Labute approximate surface area is 173 Å². The van der Waals surface area contributed by atoms with Crippen LogP contribution in [0.3, 0.4) is 0 Å². The Hall–Kier alpha value is -2.09. The summed E-state index contributed by atoms with van der Waals surface area (Å²) in [6.45, 7) is 1.08. The lowest BCUT2D eigenvalue weighted by Crippen LogP contribution is -3.00. The summed E-state index contributed by atoms with van der Waals surface area (Å²) in [5.74, 6) is -1.44. The summed E-state index contributed by atoms with van der Waals surface area (Å²) in [5.41, 5.74) is 1.18. The Balaban J connectivity index is 0.00000280. The fourth-order valence-electron chi connectivity index (χ4n) is 2.72. The van der Waals surface area contributed by atoms with Crippen molar-refractivity contribution in [1.29, 1.82) is 0 Å². The van der Waals surface area contributed by atoms with Gasteiger partial charge in [-0.2, -0.15) is 0 Å². The van der Waals surface area contributed by atoms with E-state index in [-0.39, 0.29) is 23.8 Å². The molecule has 3 aromatic rings. The van der Waals surface area contributed by atoms with E-state index < -0.39 is 11.6 Å². The minimum Gasteiger partial charge on any atom is -1.00 e. The quantitative estimate of drug-likeness (QED) is 0.570. The van der Waals surface area contributed by atoms with E-state index in [2.05, 4.69) is 4.98 Å². The largest absolute Gasteiger partial charge is 1.00 e. The van der Waals surface area contributed by atoms with Crippen molar-refractivity contribution in [2.45, 2.75) is 12.8 Å². The molecular weight excluding hydrogens is 404 g/mol. The molecule has 8 heteroatoms. The highest BCUT2D eigenvalue weighted by Gasteiger charge is 2.21. The number of anilines is 1. The molecule has 0 N–H and O–H groups in total. The number of aryl methyl sites for hydroxylation is 1. The number of hydrogen-bond acceptors (Lipinski definition) is 4. The average Bonchev–Trinajstić information content (AvgIpc) is 3.04. The van der Waals surface area contributed by atoms with E-state index in [9.17, 15) is 13.6 Å². The van der Waals surface area contributed by atoms with Gasteiger partial charge < -0.3 is 17.3 Å². The SMILES string of the molecule is CN(C)CCN(C(=O)CCc1ccccc1)c1nc2c(F)cc(F)cc2s1.[Cl-]. The van der Waals surface area contributed by atoms with E-state index in [1.54, 1.807) is 4.90 Å². The monoisotopic (exact) mass is 424 g/mol. The number of carbonyl (C=O) groups excluding carboxylic acids is 1. The second-order valence-corrected chi connectivity index (χ2v) is 7.57. The fourth-order valence-corrected chi connectivity index (χ4v) is 3.77. The van der Waals surface area contributed by atoms with Crippen molar-refractivity contribution >= 4 is 32.6 Å². The Kier molecular flexibility index (Phi) is 7.86. The predicted molar refractivity (Wildman–Crippen MR) is 105 cm³/mol. The second kappa shape index (κ2) is 9.91. The van der Waals surface area contributed by atoms with Crippen LogP contribution in [0.2, 0.25) is 0 Å². The first-order chi connectivity index (χ1) is 12.9. The number of nitrogens with zero attached hydrogens (tertiary/aromatic N) is 3. The molecule has 0 aliphatic heterocycles. The molecule has 2 aromatic carbocycles. The molecule has 0 saturated heterocycles. The van der Waals surface area contributed by atoms with Gasteiger partial charge in [-0.05, 0) is 32.1 Å². The Bertz CT molecular complexity index is 934. The van der Waals surface area contributed by atoms with E-state index in [0.29, 0.717) is 35.8 Å². The number of likely N-dealkylation sites (N-methyl/N-ethyl adjacent to an activating group) is 1. The van der Waals surface area contributed by atoms with Gasteiger partial charge in [0.05, 0.1) is 4.70 Å². The molecule has 0 fully saturated rings. The van der Waals surface area contributed by atoms with Gasteiger partial charge in [-0.3, -0.25) is 9.69 Å². The molecule has 0 saturated carbocycles. The van der Waals surface area contributed by atoms with Crippen molar-refractivity contribution < 1.29 is 26.0 Å². The number of hydrogen-bond donors (Lipinski definition) is 0. The van der Waals surface area contributed by atoms with Gasteiger partial charge in [0, 0.05) is 25.6 Å². The van der Waals surface area contributed by atoms with Crippen LogP contribution >= 0.6 is 11.3 Å². The van der Waals surface area contributed by atoms with Gasteiger partial charge in [-0.15, -0.1) is 0 Å². The summed E-state index contributed by atoms with van der Waals surface area (Å²) in [6, 6.07) is 11.8. The molecule has 0 atom stereocenters. The molecule has 0 aliphatic rings. The average molecular weight is 425 g/mol. The highest BCUT2D eigenvalue weighted by Crippen LogP contribution is 2.31. The number of benzene rings is 2. The molecule has 0 spiro atoms. The van der Waals surface area contributed by atoms with Gasteiger partial charge in [0.2, 0.25) is 5.91 Å². The number of thiazole rings is 1. The Morgan fingerprint density at radius 2 is 1.82 bits per heavy atom. The third-order valence-electron chi connectivity index (χ3n) is 4.18. The van der Waals surface area contributed by atoms with Crippen LogP contribution in [0.5, 0.6) is 0 Å². The summed E-state index contributed by atoms with van der Waals surface area (Å²) in [7, 11) is 3.83. The molecule has 0 aliphatic carbocycles. The molecule has 0 radical (unpaired) electrons. The zero-order valence-electron chi connectivity index (χ0n) is 15.7. The first-order valence-corrected chi connectivity index (χ1v) is 9.50. The minimum absolute atomic E-state index is 0. The van der Waals surface area contributed by atoms with Crippen LogP contribution in [-0.4, -0.2) is 43.0 Å². The first kappa shape index (κ1) is 22.2. The van der Waals surface area contributed by atoms with Gasteiger partial charge in [0.25, 0.3) is 0 Å². The molecule has 28 heavy (non-hydrogen) atoms. The summed E-state index contributed by atoms with van der Waals surface area (Å²) < 4.78 is 27.9. The number of fused-ring (bicyclic) bond motifs is 1. The maximum Gasteiger partial charge on any atom is 0.229 e. The van der Waals surface area contributed by atoms with Gasteiger partial charge in [0.1, 0.15) is 11.3 Å².